The van der Waals surface area contributed by atoms with Gasteiger partial charge in [-0.2, -0.15) is 0 Å². The Bertz CT molecular complexity index is 610. The lowest BCUT2D eigenvalue weighted by Gasteiger charge is -2.05. The van der Waals surface area contributed by atoms with E-state index in [9.17, 15) is 9.59 Å². The van der Waals surface area contributed by atoms with Crippen LogP contribution in [0.1, 0.15) is 44.7 Å². The van der Waals surface area contributed by atoms with Gasteiger partial charge < -0.3 is 10.2 Å². The molecule has 0 radical (unpaired) electrons. The summed E-state index contributed by atoms with van der Waals surface area (Å²) in [5.74, 6) is -1.04. The van der Waals surface area contributed by atoms with Gasteiger partial charge in [0.25, 0.3) is 0 Å². The minimum Gasteiger partial charge on any atom is -0.396 e. The largest absolute Gasteiger partial charge is 0.396 e. The zero-order chi connectivity index (χ0) is 17.4. The van der Waals surface area contributed by atoms with Gasteiger partial charge in [-0.1, -0.05) is 48.5 Å². The van der Waals surface area contributed by atoms with Gasteiger partial charge in [0.05, 0.1) is 0 Å². The fourth-order valence-electron chi connectivity index (χ4n) is 2.47. The van der Waals surface area contributed by atoms with Crippen molar-refractivity contribution in [2.75, 3.05) is 13.2 Å². The Morgan fingerprint density at radius 2 is 0.958 bits per heavy atom. The molecule has 0 saturated carbocycles. The van der Waals surface area contributed by atoms with E-state index in [0.29, 0.717) is 24.0 Å². The number of aryl methyl sites for hydroxylation is 2. The van der Waals surface area contributed by atoms with Crippen molar-refractivity contribution >= 4 is 11.6 Å². The number of ketones is 2. The summed E-state index contributed by atoms with van der Waals surface area (Å²) in [6.45, 7) is 0.265. The SMILES string of the molecule is O=C(C(=O)c1ccc(CCCO)cc1)c1ccc(CCCO)cc1. The molecule has 126 valence electrons. The van der Waals surface area contributed by atoms with E-state index in [-0.39, 0.29) is 13.2 Å². The first kappa shape index (κ1) is 18.0. The van der Waals surface area contributed by atoms with Crippen LogP contribution in [0.3, 0.4) is 0 Å². The zero-order valence-electron chi connectivity index (χ0n) is 13.6. The predicted molar refractivity (Wildman–Crippen MR) is 92.4 cm³/mol. The minimum atomic E-state index is -0.521. The smallest absolute Gasteiger partial charge is 0.233 e. The highest BCUT2D eigenvalue weighted by Gasteiger charge is 2.18. The Balaban J connectivity index is 2.04. The molecule has 4 heteroatoms. The van der Waals surface area contributed by atoms with Gasteiger partial charge in [-0.25, -0.2) is 0 Å². The number of hydrogen-bond acceptors (Lipinski definition) is 4. The minimum absolute atomic E-state index is 0.132. The fraction of sp³-hybridized carbons (Fsp3) is 0.300. The molecule has 0 aromatic heterocycles. The molecule has 0 aliphatic rings. The van der Waals surface area contributed by atoms with Crippen molar-refractivity contribution in [2.24, 2.45) is 0 Å². The molecule has 0 amide bonds. The zero-order valence-corrected chi connectivity index (χ0v) is 13.6. The van der Waals surface area contributed by atoms with E-state index in [4.69, 9.17) is 10.2 Å². The number of aliphatic hydroxyl groups is 2. The van der Waals surface area contributed by atoms with E-state index >= 15 is 0 Å². The van der Waals surface area contributed by atoms with Gasteiger partial charge in [-0.05, 0) is 36.8 Å². The highest BCUT2D eigenvalue weighted by molar-refractivity contribution is 6.49. The third-order valence-corrected chi connectivity index (χ3v) is 3.89. The second-order valence-electron chi connectivity index (χ2n) is 5.71. The van der Waals surface area contributed by atoms with Crippen LogP contribution in [0, 0.1) is 0 Å². The van der Waals surface area contributed by atoms with Gasteiger partial charge in [-0.15, -0.1) is 0 Å². The highest BCUT2D eigenvalue weighted by Crippen LogP contribution is 2.12. The molecule has 0 fully saturated rings. The number of Topliss-reactive ketones (excluding diaryl/α,β-unsaturated/α-hetero) is 2. The molecule has 0 saturated heterocycles. The third kappa shape index (κ3) is 4.85. The van der Waals surface area contributed by atoms with Gasteiger partial charge in [0.1, 0.15) is 0 Å². The van der Waals surface area contributed by atoms with E-state index in [1.54, 1.807) is 24.3 Å². The molecule has 2 aromatic carbocycles. The summed E-state index contributed by atoms with van der Waals surface area (Å²) < 4.78 is 0. The van der Waals surface area contributed by atoms with E-state index in [2.05, 4.69) is 0 Å². The van der Waals surface area contributed by atoms with Crippen LogP contribution >= 0.6 is 0 Å². The molecule has 4 nitrogen and oxygen atoms in total. The lowest BCUT2D eigenvalue weighted by atomic mass is 9.98. The molecule has 0 spiro atoms. The second kappa shape index (κ2) is 9.11. The maximum Gasteiger partial charge on any atom is 0.233 e. The van der Waals surface area contributed by atoms with Crippen LogP contribution < -0.4 is 0 Å². The van der Waals surface area contributed by atoms with Gasteiger partial charge in [-0.3, -0.25) is 9.59 Å². The fourth-order valence-corrected chi connectivity index (χ4v) is 2.47. The molecular formula is C20H22O4. The van der Waals surface area contributed by atoms with Crippen LogP contribution in [0.2, 0.25) is 0 Å². The molecule has 2 aromatic rings. The van der Waals surface area contributed by atoms with E-state index in [1.807, 2.05) is 24.3 Å². The quantitative estimate of drug-likeness (QED) is 0.549. The van der Waals surface area contributed by atoms with Crippen molar-refractivity contribution in [1.82, 2.24) is 0 Å². The summed E-state index contributed by atoms with van der Waals surface area (Å²) in [7, 11) is 0. The number of benzene rings is 2. The number of carbonyl (C=O) groups is 2. The molecule has 2 N–H and O–H groups in total. The number of rotatable bonds is 9. The average Bonchev–Trinajstić information content (AvgIpc) is 2.64. The Kier molecular flexibility index (Phi) is 6.85. The van der Waals surface area contributed by atoms with Crippen LogP contribution in [-0.2, 0) is 12.8 Å². The van der Waals surface area contributed by atoms with Gasteiger partial charge >= 0.3 is 0 Å². The van der Waals surface area contributed by atoms with E-state index < -0.39 is 11.6 Å². The normalized spacial score (nSPS) is 10.6. The van der Waals surface area contributed by atoms with Crippen molar-refractivity contribution in [1.29, 1.82) is 0 Å². The maximum atomic E-state index is 12.3. The summed E-state index contributed by atoms with van der Waals surface area (Å²) in [4.78, 5) is 24.6. The Hall–Kier alpha value is -2.30. The summed E-state index contributed by atoms with van der Waals surface area (Å²) in [6, 6.07) is 13.9. The topological polar surface area (TPSA) is 74.6 Å². The van der Waals surface area contributed by atoms with Gasteiger partial charge in [0.2, 0.25) is 11.6 Å². The van der Waals surface area contributed by atoms with Crippen LogP contribution in [0.25, 0.3) is 0 Å². The molecule has 0 heterocycles. The molecular weight excluding hydrogens is 304 g/mol. The first-order chi connectivity index (χ1) is 11.7. The lowest BCUT2D eigenvalue weighted by Crippen LogP contribution is -2.14. The monoisotopic (exact) mass is 326 g/mol. The Labute approximate surface area is 141 Å². The summed E-state index contributed by atoms with van der Waals surface area (Å²) in [5, 5.41) is 17.7. The summed E-state index contributed by atoms with van der Waals surface area (Å²) in [6.07, 6.45) is 2.84. The van der Waals surface area contributed by atoms with Crippen molar-refractivity contribution in [3.8, 4) is 0 Å². The number of aliphatic hydroxyl groups excluding tert-OH is 2. The standard InChI is InChI=1S/C20H22O4/c21-13-1-3-15-5-9-17(10-6-15)19(23)20(24)18-11-7-16(8-12-18)4-2-14-22/h5-12,21-22H,1-4,13-14H2. The van der Waals surface area contributed by atoms with Gasteiger partial charge in [0, 0.05) is 24.3 Å². The molecule has 0 aliphatic heterocycles. The predicted octanol–water partition coefficient (Wildman–Crippen LogP) is 2.60. The summed E-state index contributed by atoms with van der Waals surface area (Å²) in [5.41, 5.74) is 2.80. The molecule has 0 atom stereocenters. The molecule has 0 unspecified atom stereocenters. The Morgan fingerprint density at radius 1 is 0.625 bits per heavy atom. The highest BCUT2D eigenvalue weighted by atomic mass is 16.3. The molecule has 24 heavy (non-hydrogen) atoms. The first-order valence-corrected chi connectivity index (χ1v) is 8.14. The van der Waals surface area contributed by atoms with Crippen LogP contribution in [0.15, 0.2) is 48.5 Å². The van der Waals surface area contributed by atoms with Crippen molar-refractivity contribution < 1.29 is 19.8 Å². The average molecular weight is 326 g/mol. The third-order valence-electron chi connectivity index (χ3n) is 3.89. The van der Waals surface area contributed by atoms with E-state index in [1.165, 1.54) is 0 Å². The molecule has 0 bridgehead atoms. The lowest BCUT2D eigenvalue weighted by molar-refractivity contribution is 0.0817. The Morgan fingerprint density at radius 3 is 1.25 bits per heavy atom. The van der Waals surface area contributed by atoms with Crippen molar-refractivity contribution in [3.05, 3.63) is 70.8 Å². The van der Waals surface area contributed by atoms with Crippen LogP contribution in [0.4, 0.5) is 0 Å². The molecule has 0 aliphatic carbocycles. The van der Waals surface area contributed by atoms with Gasteiger partial charge in [0.15, 0.2) is 0 Å². The van der Waals surface area contributed by atoms with E-state index in [0.717, 1.165) is 24.0 Å². The van der Waals surface area contributed by atoms with Crippen molar-refractivity contribution in [3.63, 3.8) is 0 Å². The number of hydrogen-bond donors (Lipinski definition) is 2. The molecule has 2 rings (SSSR count). The van der Waals surface area contributed by atoms with Crippen molar-refractivity contribution in [2.45, 2.75) is 25.7 Å². The van der Waals surface area contributed by atoms with Crippen LogP contribution in [0.5, 0.6) is 0 Å². The maximum absolute atomic E-state index is 12.3. The van der Waals surface area contributed by atoms with Crippen LogP contribution in [-0.4, -0.2) is 35.0 Å². The number of carbonyl (C=O) groups excluding carboxylic acids is 2. The summed E-state index contributed by atoms with van der Waals surface area (Å²) >= 11 is 0. The first-order valence-electron chi connectivity index (χ1n) is 8.14. The second-order valence-corrected chi connectivity index (χ2v) is 5.71.